The minimum Gasteiger partial charge on any atom is -0.465 e. The molecule has 0 radical (unpaired) electrons. The largest absolute Gasteiger partial charge is 0.465 e. The second-order valence-corrected chi connectivity index (χ2v) is 5.51. The number of ether oxygens (including phenoxy) is 1. The van der Waals surface area contributed by atoms with Crippen LogP contribution in [0.15, 0.2) is 18.2 Å². The standard InChI is InChI=1S/C15H21N3O2/c1-20-15(19)12-5-2-6-13(14(12)16)18-9-8-17-7-3-4-11(17)10-18/h2,5-6,11H,3-4,7-10,16H2,1H3. The molecule has 0 saturated carbocycles. The Balaban J connectivity index is 1.85. The maximum absolute atomic E-state index is 11.7. The Hall–Kier alpha value is -1.75. The van der Waals surface area contributed by atoms with E-state index in [0.29, 0.717) is 17.3 Å². The molecule has 0 aliphatic carbocycles. The fourth-order valence-corrected chi connectivity index (χ4v) is 3.33. The van der Waals surface area contributed by atoms with Crippen molar-refractivity contribution in [1.29, 1.82) is 0 Å². The zero-order chi connectivity index (χ0) is 14.1. The molecule has 1 unspecified atom stereocenters. The van der Waals surface area contributed by atoms with Gasteiger partial charge in [-0.05, 0) is 31.5 Å². The highest BCUT2D eigenvalue weighted by Gasteiger charge is 2.31. The van der Waals surface area contributed by atoms with Crippen molar-refractivity contribution < 1.29 is 9.53 Å². The summed E-state index contributed by atoms with van der Waals surface area (Å²) in [7, 11) is 1.38. The molecule has 2 fully saturated rings. The third-order valence-electron chi connectivity index (χ3n) is 4.42. The van der Waals surface area contributed by atoms with E-state index in [0.717, 1.165) is 25.3 Å². The highest BCUT2D eigenvalue weighted by atomic mass is 16.5. The van der Waals surface area contributed by atoms with Crippen LogP contribution >= 0.6 is 0 Å². The SMILES string of the molecule is COC(=O)c1cccc(N2CCN3CCCC3C2)c1N. The van der Waals surface area contributed by atoms with E-state index in [1.807, 2.05) is 12.1 Å². The molecule has 5 nitrogen and oxygen atoms in total. The van der Waals surface area contributed by atoms with Crippen LogP contribution in [0, 0.1) is 0 Å². The number of fused-ring (bicyclic) bond motifs is 1. The summed E-state index contributed by atoms with van der Waals surface area (Å²) in [5.74, 6) is -0.371. The van der Waals surface area contributed by atoms with Crippen molar-refractivity contribution in [1.82, 2.24) is 4.90 Å². The molecule has 0 spiro atoms. The van der Waals surface area contributed by atoms with Crippen molar-refractivity contribution in [2.45, 2.75) is 18.9 Å². The van der Waals surface area contributed by atoms with Crippen LogP contribution in [0.2, 0.25) is 0 Å². The summed E-state index contributed by atoms with van der Waals surface area (Å²) < 4.78 is 4.78. The number of para-hydroxylation sites is 1. The molecule has 0 bridgehead atoms. The molecular weight excluding hydrogens is 254 g/mol. The molecule has 1 atom stereocenters. The number of hydrogen-bond donors (Lipinski definition) is 1. The van der Waals surface area contributed by atoms with Crippen LogP contribution in [0.3, 0.4) is 0 Å². The molecule has 1 aromatic rings. The maximum atomic E-state index is 11.7. The lowest BCUT2D eigenvalue weighted by molar-refractivity contribution is 0.0602. The lowest BCUT2D eigenvalue weighted by atomic mass is 10.1. The van der Waals surface area contributed by atoms with Crippen LogP contribution in [-0.4, -0.2) is 50.2 Å². The topological polar surface area (TPSA) is 58.8 Å². The molecule has 20 heavy (non-hydrogen) atoms. The van der Waals surface area contributed by atoms with Gasteiger partial charge in [-0.2, -0.15) is 0 Å². The van der Waals surface area contributed by atoms with E-state index in [9.17, 15) is 4.79 Å². The van der Waals surface area contributed by atoms with Crippen LogP contribution in [0.1, 0.15) is 23.2 Å². The first-order valence-corrected chi connectivity index (χ1v) is 7.16. The Kier molecular flexibility index (Phi) is 3.53. The van der Waals surface area contributed by atoms with Crippen LogP contribution in [-0.2, 0) is 4.74 Å². The first kappa shape index (κ1) is 13.2. The normalized spacial score (nSPS) is 22.6. The number of benzene rings is 1. The summed E-state index contributed by atoms with van der Waals surface area (Å²) in [5.41, 5.74) is 8.12. The van der Waals surface area contributed by atoms with E-state index < -0.39 is 0 Å². The van der Waals surface area contributed by atoms with E-state index in [1.54, 1.807) is 6.07 Å². The smallest absolute Gasteiger partial charge is 0.340 e. The van der Waals surface area contributed by atoms with E-state index >= 15 is 0 Å². The number of nitrogen functional groups attached to an aromatic ring is 1. The van der Waals surface area contributed by atoms with Crippen LogP contribution in [0.5, 0.6) is 0 Å². The molecule has 2 saturated heterocycles. The fraction of sp³-hybridized carbons (Fsp3) is 0.533. The van der Waals surface area contributed by atoms with E-state index in [1.165, 1.54) is 26.5 Å². The van der Waals surface area contributed by atoms with Crippen LogP contribution < -0.4 is 10.6 Å². The average molecular weight is 275 g/mol. The number of rotatable bonds is 2. The van der Waals surface area contributed by atoms with Crippen LogP contribution in [0.25, 0.3) is 0 Å². The lowest BCUT2D eigenvalue weighted by Gasteiger charge is -2.39. The molecular formula is C15H21N3O2. The second kappa shape index (κ2) is 5.32. The molecule has 2 heterocycles. The van der Waals surface area contributed by atoms with Gasteiger partial charge in [0, 0.05) is 25.7 Å². The van der Waals surface area contributed by atoms with Crippen LogP contribution in [0.4, 0.5) is 11.4 Å². The molecule has 2 aliphatic heterocycles. The molecule has 3 rings (SSSR count). The summed E-state index contributed by atoms with van der Waals surface area (Å²) in [6, 6.07) is 6.21. The van der Waals surface area contributed by atoms with Gasteiger partial charge in [-0.15, -0.1) is 0 Å². The zero-order valence-electron chi connectivity index (χ0n) is 11.8. The number of nitrogens with zero attached hydrogens (tertiary/aromatic N) is 2. The number of esters is 1. The number of nitrogens with two attached hydrogens (primary N) is 1. The Labute approximate surface area is 119 Å². The van der Waals surface area contributed by atoms with Crippen molar-refractivity contribution in [3.05, 3.63) is 23.8 Å². The second-order valence-electron chi connectivity index (χ2n) is 5.51. The van der Waals surface area contributed by atoms with Gasteiger partial charge in [0.25, 0.3) is 0 Å². The van der Waals surface area contributed by atoms with Gasteiger partial charge in [-0.25, -0.2) is 4.79 Å². The van der Waals surface area contributed by atoms with Gasteiger partial charge in [0.2, 0.25) is 0 Å². The van der Waals surface area contributed by atoms with E-state index in [4.69, 9.17) is 10.5 Å². The highest BCUT2D eigenvalue weighted by molar-refractivity contribution is 5.98. The Bertz CT molecular complexity index is 518. The number of anilines is 2. The van der Waals surface area contributed by atoms with Crippen molar-refractivity contribution in [2.75, 3.05) is 43.9 Å². The minimum atomic E-state index is -0.371. The molecule has 2 aliphatic rings. The Morgan fingerprint density at radius 1 is 1.35 bits per heavy atom. The van der Waals surface area contributed by atoms with Gasteiger partial charge in [-0.3, -0.25) is 4.90 Å². The summed E-state index contributed by atoms with van der Waals surface area (Å²) >= 11 is 0. The summed E-state index contributed by atoms with van der Waals surface area (Å²) in [5, 5.41) is 0. The summed E-state index contributed by atoms with van der Waals surface area (Å²) in [6.07, 6.45) is 2.54. The van der Waals surface area contributed by atoms with Crippen molar-refractivity contribution in [3.8, 4) is 0 Å². The predicted molar refractivity (Wildman–Crippen MR) is 79.0 cm³/mol. The highest BCUT2D eigenvalue weighted by Crippen LogP contribution is 2.31. The molecule has 2 N–H and O–H groups in total. The summed E-state index contributed by atoms with van der Waals surface area (Å²) in [6.45, 7) is 4.25. The minimum absolute atomic E-state index is 0.371. The number of methoxy groups -OCH3 is 1. The van der Waals surface area contributed by atoms with Gasteiger partial charge in [0.1, 0.15) is 0 Å². The Morgan fingerprint density at radius 3 is 3.00 bits per heavy atom. The quantitative estimate of drug-likeness (QED) is 0.652. The average Bonchev–Trinajstić information content (AvgIpc) is 2.94. The molecule has 108 valence electrons. The molecule has 5 heteroatoms. The number of hydrogen-bond acceptors (Lipinski definition) is 5. The monoisotopic (exact) mass is 275 g/mol. The number of piperazine rings is 1. The summed E-state index contributed by atoms with van der Waals surface area (Å²) in [4.78, 5) is 16.6. The number of carbonyl (C=O) groups is 1. The van der Waals surface area contributed by atoms with E-state index in [2.05, 4.69) is 9.80 Å². The van der Waals surface area contributed by atoms with Gasteiger partial charge in [0.05, 0.1) is 24.0 Å². The third kappa shape index (κ3) is 2.22. The van der Waals surface area contributed by atoms with Crippen molar-refractivity contribution >= 4 is 17.3 Å². The Morgan fingerprint density at radius 2 is 2.20 bits per heavy atom. The van der Waals surface area contributed by atoms with Crippen molar-refractivity contribution in [3.63, 3.8) is 0 Å². The predicted octanol–water partition coefficient (Wildman–Crippen LogP) is 1.34. The molecule has 0 amide bonds. The van der Waals surface area contributed by atoms with Crippen molar-refractivity contribution in [2.24, 2.45) is 0 Å². The third-order valence-corrected chi connectivity index (χ3v) is 4.42. The van der Waals surface area contributed by atoms with Gasteiger partial charge in [0.15, 0.2) is 0 Å². The van der Waals surface area contributed by atoms with E-state index in [-0.39, 0.29) is 5.97 Å². The van der Waals surface area contributed by atoms with Gasteiger partial charge >= 0.3 is 5.97 Å². The lowest BCUT2D eigenvalue weighted by Crippen LogP contribution is -2.50. The molecule has 1 aromatic carbocycles. The van der Waals surface area contributed by atoms with Gasteiger partial charge in [-0.1, -0.05) is 6.07 Å². The first-order chi connectivity index (χ1) is 9.70. The first-order valence-electron chi connectivity index (χ1n) is 7.16. The zero-order valence-corrected chi connectivity index (χ0v) is 11.8. The fourth-order valence-electron chi connectivity index (χ4n) is 3.33. The molecule has 0 aromatic heterocycles. The maximum Gasteiger partial charge on any atom is 0.340 e. The number of carbonyl (C=O) groups excluding carboxylic acids is 1. The van der Waals surface area contributed by atoms with Gasteiger partial charge < -0.3 is 15.4 Å².